The van der Waals surface area contributed by atoms with Crippen LogP contribution >= 0.6 is 0 Å². The van der Waals surface area contributed by atoms with E-state index in [1.165, 1.54) is 6.07 Å². The third-order valence-corrected chi connectivity index (χ3v) is 4.77. The Labute approximate surface area is 151 Å². The van der Waals surface area contributed by atoms with E-state index in [0.29, 0.717) is 18.8 Å². The second-order valence-electron chi connectivity index (χ2n) is 5.66. The van der Waals surface area contributed by atoms with Crippen molar-refractivity contribution in [1.29, 1.82) is 0 Å². The highest BCUT2D eigenvalue weighted by Crippen LogP contribution is 2.37. The molecule has 0 amide bonds. The van der Waals surface area contributed by atoms with E-state index in [1.54, 1.807) is 12.1 Å². The van der Waals surface area contributed by atoms with Crippen molar-refractivity contribution < 1.29 is 40.0 Å². The summed E-state index contributed by atoms with van der Waals surface area (Å²) in [5.74, 6) is -10.4. The quantitative estimate of drug-likeness (QED) is 0.363. The van der Waals surface area contributed by atoms with E-state index < -0.39 is 44.0 Å². The van der Waals surface area contributed by atoms with Crippen molar-refractivity contribution in [1.82, 2.24) is 0 Å². The van der Waals surface area contributed by atoms with Crippen LogP contribution < -0.4 is 9.47 Å². The van der Waals surface area contributed by atoms with Gasteiger partial charge in [0.15, 0.2) is 16.5 Å². The summed E-state index contributed by atoms with van der Waals surface area (Å²) in [7, 11) is -5.55. The van der Waals surface area contributed by atoms with Gasteiger partial charge in [0.2, 0.25) is 17.4 Å². The summed E-state index contributed by atoms with van der Waals surface area (Å²) in [6, 6.07) is 4.86. The fourth-order valence-electron chi connectivity index (χ4n) is 2.69. The standard InChI is InChI=1S/C17H12F4O5S/c1-8(10-6-2-4-9-5-3-7-25-15(9)10)26-16-11(18)13(20)17(27(22,23)24)14(21)12(16)19/h2,4,6H,1,3,5,7H2,(H,22,23,24). The van der Waals surface area contributed by atoms with Crippen LogP contribution in [0.15, 0.2) is 29.7 Å². The van der Waals surface area contributed by atoms with Crippen LogP contribution in [-0.2, 0) is 16.5 Å². The number of fused-ring (bicyclic) bond motifs is 1. The van der Waals surface area contributed by atoms with Gasteiger partial charge in [-0.15, -0.1) is 0 Å². The third kappa shape index (κ3) is 3.37. The van der Waals surface area contributed by atoms with Crippen molar-refractivity contribution >= 4 is 15.9 Å². The van der Waals surface area contributed by atoms with Crippen molar-refractivity contribution in [2.75, 3.05) is 6.61 Å². The van der Waals surface area contributed by atoms with Gasteiger partial charge in [0.05, 0.1) is 12.2 Å². The smallest absolute Gasteiger partial charge is 0.300 e. The second kappa shape index (κ2) is 6.86. The number of aryl methyl sites for hydroxylation is 1. The van der Waals surface area contributed by atoms with Gasteiger partial charge < -0.3 is 9.47 Å². The van der Waals surface area contributed by atoms with Gasteiger partial charge in [-0.3, -0.25) is 4.55 Å². The maximum Gasteiger partial charge on any atom is 0.300 e. The van der Waals surface area contributed by atoms with Crippen LogP contribution in [0.4, 0.5) is 17.6 Å². The molecule has 0 unspecified atom stereocenters. The molecule has 0 radical (unpaired) electrons. The van der Waals surface area contributed by atoms with Crippen LogP contribution in [0.5, 0.6) is 11.5 Å². The molecule has 0 aliphatic carbocycles. The molecule has 0 bridgehead atoms. The molecule has 1 aliphatic rings. The molecule has 1 aliphatic heterocycles. The second-order valence-corrected chi connectivity index (χ2v) is 7.02. The molecule has 2 aromatic carbocycles. The van der Waals surface area contributed by atoms with Gasteiger partial charge >= 0.3 is 10.1 Å². The predicted molar refractivity (Wildman–Crippen MR) is 86.0 cm³/mol. The maximum absolute atomic E-state index is 14.1. The molecule has 0 saturated heterocycles. The number of para-hydroxylation sites is 1. The number of hydrogen-bond acceptors (Lipinski definition) is 4. The minimum Gasteiger partial charge on any atom is -0.493 e. The van der Waals surface area contributed by atoms with E-state index in [2.05, 4.69) is 6.58 Å². The summed E-state index contributed by atoms with van der Waals surface area (Å²) in [5, 5.41) is 0. The SMILES string of the molecule is C=C(Oc1c(F)c(F)c(S(=O)(=O)O)c(F)c1F)c1cccc2c1OCCC2. The first-order valence-electron chi connectivity index (χ1n) is 7.58. The molecular weight excluding hydrogens is 392 g/mol. The first-order valence-corrected chi connectivity index (χ1v) is 9.02. The topological polar surface area (TPSA) is 72.8 Å². The summed E-state index contributed by atoms with van der Waals surface area (Å²) >= 11 is 0. The zero-order valence-corrected chi connectivity index (χ0v) is 14.4. The molecule has 0 atom stereocenters. The Morgan fingerprint density at radius 1 is 1.11 bits per heavy atom. The first kappa shape index (κ1) is 19.2. The maximum atomic E-state index is 14.1. The summed E-state index contributed by atoms with van der Waals surface area (Å²) in [6.45, 7) is 3.89. The Morgan fingerprint density at radius 3 is 2.33 bits per heavy atom. The highest BCUT2D eigenvalue weighted by Gasteiger charge is 2.34. The molecule has 3 rings (SSSR count). The van der Waals surface area contributed by atoms with E-state index in [4.69, 9.17) is 14.0 Å². The lowest BCUT2D eigenvalue weighted by Crippen LogP contribution is -2.13. The fourth-order valence-corrected chi connectivity index (χ4v) is 3.33. The predicted octanol–water partition coefficient (Wildman–Crippen LogP) is 3.86. The Kier molecular flexibility index (Phi) is 4.87. The van der Waals surface area contributed by atoms with Crippen molar-refractivity contribution in [3.63, 3.8) is 0 Å². The molecule has 5 nitrogen and oxygen atoms in total. The summed E-state index contributed by atoms with van der Waals surface area (Å²) in [4.78, 5) is -2.14. The lowest BCUT2D eigenvalue weighted by atomic mass is 10.0. The average Bonchev–Trinajstić information content (AvgIpc) is 2.62. The monoisotopic (exact) mass is 404 g/mol. The molecule has 144 valence electrons. The lowest BCUT2D eigenvalue weighted by molar-refractivity contribution is 0.285. The Hall–Kier alpha value is -2.59. The van der Waals surface area contributed by atoms with E-state index in [0.717, 1.165) is 12.0 Å². The van der Waals surface area contributed by atoms with Crippen LogP contribution in [0.25, 0.3) is 5.76 Å². The molecule has 0 fully saturated rings. The van der Waals surface area contributed by atoms with Crippen molar-refractivity contribution in [2.45, 2.75) is 17.7 Å². The largest absolute Gasteiger partial charge is 0.493 e. The Morgan fingerprint density at radius 2 is 1.74 bits per heavy atom. The lowest BCUT2D eigenvalue weighted by Gasteiger charge is -2.21. The molecular formula is C17H12F4O5S. The normalized spacial score (nSPS) is 13.7. The molecule has 2 aromatic rings. The number of benzene rings is 2. The minimum absolute atomic E-state index is 0.214. The molecule has 27 heavy (non-hydrogen) atoms. The van der Waals surface area contributed by atoms with Crippen molar-refractivity contribution in [3.8, 4) is 11.5 Å². The van der Waals surface area contributed by atoms with E-state index >= 15 is 0 Å². The highest BCUT2D eigenvalue weighted by atomic mass is 32.2. The third-order valence-electron chi connectivity index (χ3n) is 3.90. The van der Waals surface area contributed by atoms with Gasteiger partial charge in [-0.2, -0.15) is 17.2 Å². The molecule has 1 N–H and O–H groups in total. The highest BCUT2D eigenvalue weighted by molar-refractivity contribution is 7.85. The Balaban J connectivity index is 2.06. The van der Waals surface area contributed by atoms with Crippen LogP contribution in [-0.4, -0.2) is 19.6 Å². The number of hydrogen-bond donors (Lipinski definition) is 1. The Bertz CT molecular complexity index is 1020. The van der Waals surface area contributed by atoms with Gasteiger partial charge in [0.1, 0.15) is 11.5 Å². The number of ether oxygens (including phenoxy) is 2. The minimum atomic E-state index is -5.55. The van der Waals surface area contributed by atoms with Crippen LogP contribution in [0.1, 0.15) is 17.5 Å². The van der Waals surface area contributed by atoms with E-state index in [9.17, 15) is 26.0 Å². The van der Waals surface area contributed by atoms with E-state index in [-0.39, 0.29) is 11.3 Å². The zero-order chi connectivity index (χ0) is 19.9. The first-order chi connectivity index (χ1) is 12.6. The fraction of sp³-hybridized carbons (Fsp3) is 0.176. The van der Waals surface area contributed by atoms with Gasteiger partial charge in [-0.05, 0) is 24.5 Å². The van der Waals surface area contributed by atoms with Crippen LogP contribution in [0.3, 0.4) is 0 Å². The molecule has 0 spiro atoms. The average molecular weight is 404 g/mol. The van der Waals surface area contributed by atoms with E-state index in [1.807, 2.05) is 0 Å². The summed E-state index contributed by atoms with van der Waals surface area (Å²) < 4.78 is 97.0. The summed E-state index contributed by atoms with van der Waals surface area (Å²) in [5.41, 5.74) is 1.01. The molecule has 1 heterocycles. The summed E-state index contributed by atoms with van der Waals surface area (Å²) in [6.07, 6.45) is 1.45. The van der Waals surface area contributed by atoms with Crippen LogP contribution in [0.2, 0.25) is 0 Å². The molecule has 0 saturated carbocycles. The number of halogens is 4. The van der Waals surface area contributed by atoms with Gasteiger partial charge in [-0.25, -0.2) is 8.78 Å². The van der Waals surface area contributed by atoms with Crippen molar-refractivity contribution in [2.24, 2.45) is 0 Å². The van der Waals surface area contributed by atoms with Gasteiger partial charge in [0.25, 0.3) is 0 Å². The van der Waals surface area contributed by atoms with Crippen LogP contribution in [0, 0.1) is 23.3 Å². The molecule has 10 heteroatoms. The number of rotatable bonds is 4. The van der Waals surface area contributed by atoms with Gasteiger partial charge in [-0.1, -0.05) is 18.7 Å². The van der Waals surface area contributed by atoms with Gasteiger partial charge in [0, 0.05) is 0 Å². The molecule has 0 aromatic heterocycles. The zero-order valence-electron chi connectivity index (χ0n) is 13.6. The van der Waals surface area contributed by atoms with Crippen molar-refractivity contribution in [3.05, 3.63) is 59.2 Å².